The fourth-order valence-corrected chi connectivity index (χ4v) is 3.72. The average Bonchev–Trinajstić information content (AvgIpc) is 2.84. The number of pyridine rings is 1. The van der Waals surface area contributed by atoms with Crippen LogP contribution in [0.3, 0.4) is 0 Å². The molecule has 0 bridgehead atoms. The van der Waals surface area contributed by atoms with Crippen molar-refractivity contribution < 1.29 is 4.79 Å². The number of rotatable bonds is 3. The molecule has 0 saturated carbocycles. The molecule has 1 aliphatic rings. The first-order valence-corrected chi connectivity index (χ1v) is 9.33. The molecule has 1 aromatic carbocycles. The summed E-state index contributed by atoms with van der Waals surface area (Å²) in [6.07, 6.45) is 3.67. The number of nitrogens with zero attached hydrogens (tertiary/aromatic N) is 3. The maximum Gasteiger partial charge on any atom is 0.258 e. The zero-order valence-electron chi connectivity index (χ0n) is 15.7. The summed E-state index contributed by atoms with van der Waals surface area (Å²) >= 11 is 0. The molecule has 3 aromatic rings. The summed E-state index contributed by atoms with van der Waals surface area (Å²) in [4.78, 5) is 31.0. The van der Waals surface area contributed by atoms with E-state index in [0.717, 1.165) is 42.8 Å². The van der Waals surface area contributed by atoms with Gasteiger partial charge in [-0.2, -0.15) is 0 Å². The highest BCUT2D eigenvalue weighted by atomic mass is 16.1. The van der Waals surface area contributed by atoms with E-state index in [2.05, 4.69) is 16.0 Å². The van der Waals surface area contributed by atoms with Gasteiger partial charge in [0, 0.05) is 37.5 Å². The topological polar surface area (TPSA) is 54.7 Å². The van der Waals surface area contributed by atoms with Gasteiger partial charge in [-0.25, -0.2) is 4.98 Å². The van der Waals surface area contributed by atoms with Gasteiger partial charge in [-0.15, -0.1) is 0 Å². The van der Waals surface area contributed by atoms with Crippen LogP contribution in [-0.2, 0) is 19.4 Å². The summed E-state index contributed by atoms with van der Waals surface area (Å²) in [6.45, 7) is 6.04. The molecule has 0 atom stereocenters. The van der Waals surface area contributed by atoms with Crippen LogP contribution in [0, 0.1) is 6.92 Å². The van der Waals surface area contributed by atoms with Crippen LogP contribution in [0.4, 0.5) is 0 Å². The first-order chi connectivity index (χ1) is 13.0. The Bertz CT molecular complexity index is 1080. The van der Waals surface area contributed by atoms with Crippen molar-refractivity contribution in [1.82, 2.24) is 14.3 Å². The minimum absolute atomic E-state index is 0.0390. The molecule has 3 heterocycles. The summed E-state index contributed by atoms with van der Waals surface area (Å²) < 4.78 is 1.60. The fraction of sp³-hybridized carbons (Fsp3) is 0.318. The zero-order valence-corrected chi connectivity index (χ0v) is 15.7. The summed E-state index contributed by atoms with van der Waals surface area (Å²) in [6, 6.07) is 11.5. The second-order valence-corrected chi connectivity index (χ2v) is 7.34. The van der Waals surface area contributed by atoms with Gasteiger partial charge in [0.2, 0.25) is 0 Å². The first-order valence-electron chi connectivity index (χ1n) is 9.33. The number of carbonyl (C=O) groups is 1. The smallest absolute Gasteiger partial charge is 0.258 e. The van der Waals surface area contributed by atoms with Gasteiger partial charge in [-0.3, -0.25) is 18.9 Å². The number of carbonyl (C=O) groups excluding carboxylic acids is 1. The summed E-state index contributed by atoms with van der Waals surface area (Å²) in [5.41, 5.74) is 5.84. The quantitative estimate of drug-likeness (QED) is 0.673. The second-order valence-electron chi connectivity index (χ2n) is 7.34. The van der Waals surface area contributed by atoms with Crippen LogP contribution >= 0.6 is 0 Å². The fourth-order valence-electron chi connectivity index (χ4n) is 3.72. The van der Waals surface area contributed by atoms with E-state index >= 15 is 0 Å². The molecule has 27 heavy (non-hydrogen) atoms. The van der Waals surface area contributed by atoms with E-state index in [0.29, 0.717) is 12.2 Å². The summed E-state index contributed by atoms with van der Waals surface area (Å²) in [7, 11) is 0. The minimum Gasteiger partial charge on any atom is -0.297 e. The number of ketones is 1. The molecule has 138 valence electrons. The summed E-state index contributed by atoms with van der Waals surface area (Å²) in [5.74, 6) is 0.106. The first kappa shape index (κ1) is 17.6. The number of benzene rings is 1. The maximum atomic E-state index is 12.4. The van der Waals surface area contributed by atoms with Gasteiger partial charge in [-0.05, 0) is 55.5 Å². The Morgan fingerprint density at radius 2 is 1.85 bits per heavy atom. The van der Waals surface area contributed by atoms with Crippen LogP contribution in [0.25, 0.3) is 5.65 Å². The minimum atomic E-state index is -0.0390. The van der Waals surface area contributed by atoms with Gasteiger partial charge < -0.3 is 0 Å². The molecule has 0 fully saturated rings. The maximum absolute atomic E-state index is 12.4. The van der Waals surface area contributed by atoms with Crippen molar-refractivity contribution in [3.63, 3.8) is 0 Å². The number of aromatic nitrogens is 2. The van der Waals surface area contributed by atoms with Crippen molar-refractivity contribution >= 4 is 11.4 Å². The molecule has 0 N–H and O–H groups in total. The van der Waals surface area contributed by atoms with Crippen LogP contribution in [0.15, 0.2) is 47.4 Å². The summed E-state index contributed by atoms with van der Waals surface area (Å²) in [5, 5.41) is 0. The molecular formula is C22H23N3O2. The number of hydrogen-bond donors (Lipinski definition) is 0. The van der Waals surface area contributed by atoms with E-state index < -0.39 is 0 Å². The molecule has 1 aliphatic heterocycles. The molecule has 5 nitrogen and oxygen atoms in total. The lowest BCUT2D eigenvalue weighted by Gasteiger charge is -2.19. The Morgan fingerprint density at radius 3 is 2.63 bits per heavy atom. The van der Waals surface area contributed by atoms with Crippen molar-refractivity contribution in [3.05, 3.63) is 80.9 Å². The highest BCUT2D eigenvalue weighted by Gasteiger charge is 2.16. The Labute approximate surface area is 158 Å². The highest BCUT2D eigenvalue weighted by Crippen LogP contribution is 2.19. The number of fused-ring (bicyclic) bond motifs is 2. The Balaban J connectivity index is 1.54. The lowest BCUT2D eigenvalue weighted by Crippen LogP contribution is -2.27. The van der Waals surface area contributed by atoms with Crippen molar-refractivity contribution in [1.29, 1.82) is 0 Å². The molecule has 0 radical (unpaired) electrons. The van der Waals surface area contributed by atoms with E-state index in [9.17, 15) is 9.59 Å². The van der Waals surface area contributed by atoms with Crippen LogP contribution in [0.1, 0.15) is 39.7 Å². The van der Waals surface area contributed by atoms with E-state index in [1.165, 1.54) is 11.1 Å². The third kappa shape index (κ3) is 3.69. The molecule has 0 unspecified atom stereocenters. The number of hydrogen-bond acceptors (Lipinski definition) is 4. The van der Waals surface area contributed by atoms with Crippen molar-refractivity contribution in [2.75, 3.05) is 13.1 Å². The van der Waals surface area contributed by atoms with E-state index in [1.54, 1.807) is 17.4 Å². The second kappa shape index (κ2) is 7.08. The lowest BCUT2D eigenvalue weighted by atomic mass is 9.99. The lowest BCUT2D eigenvalue weighted by molar-refractivity contribution is 0.101. The van der Waals surface area contributed by atoms with Gasteiger partial charge >= 0.3 is 0 Å². The van der Waals surface area contributed by atoms with Gasteiger partial charge in [0.1, 0.15) is 5.65 Å². The number of aryl methyl sites for hydroxylation is 1. The molecule has 0 spiro atoms. The van der Waals surface area contributed by atoms with Crippen LogP contribution in [-0.4, -0.2) is 33.2 Å². The Morgan fingerprint density at radius 1 is 1.07 bits per heavy atom. The largest absolute Gasteiger partial charge is 0.297 e. The molecule has 5 heteroatoms. The van der Waals surface area contributed by atoms with Gasteiger partial charge in [0.05, 0.1) is 5.69 Å². The molecule has 0 saturated heterocycles. The monoisotopic (exact) mass is 361 g/mol. The third-order valence-corrected chi connectivity index (χ3v) is 5.25. The van der Waals surface area contributed by atoms with Crippen molar-refractivity contribution in [2.45, 2.75) is 33.2 Å². The standard InChI is InChI=1S/C22H23N3O2/c1-15-3-6-21-23-20(12-22(27)25(21)13-15)14-24-9-7-17-4-5-18(16(2)26)11-19(17)8-10-24/h3-6,11-13H,7-10,14H2,1-2H3. The predicted molar refractivity (Wildman–Crippen MR) is 105 cm³/mol. The third-order valence-electron chi connectivity index (χ3n) is 5.25. The predicted octanol–water partition coefficient (Wildman–Crippen LogP) is 2.81. The van der Waals surface area contributed by atoms with E-state index in [4.69, 9.17) is 0 Å². The van der Waals surface area contributed by atoms with Gasteiger partial charge in [0.15, 0.2) is 5.78 Å². The van der Waals surface area contributed by atoms with Crippen molar-refractivity contribution in [3.8, 4) is 0 Å². The number of Topliss-reactive ketones (excluding diaryl/α,β-unsaturated/α-hetero) is 1. The Kier molecular flexibility index (Phi) is 4.62. The van der Waals surface area contributed by atoms with E-state index in [1.807, 2.05) is 37.4 Å². The van der Waals surface area contributed by atoms with Gasteiger partial charge in [0.25, 0.3) is 5.56 Å². The van der Waals surface area contributed by atoms with Crippen LogP contribution in [0.2, 0.25) is 0 Å². The molecule has 0 aliphatic carbocycles. The molecular weight excluding hydrogens is 338 g/mol. The zero-order chi connectivity index (χ0) is 19.0. The molecule has 4 rings (SSSR count). The Hall–Kier alpha value is -2.79. The molecule has 0 amide bonds. The van der Waals surface area contributed by atoms with E-state index in [-0.39, 0.29) is 11.3 Å². The average molecular weight is 361 g/mol. The SMILES string of the molecule is CC(=O)c1ccc2c(c1)CCN(Cc1cc(=O)n3cc(C)ccc3n1)CC2. The van der Waals surface area contributed by atoms with Crippen LogP contribution in [0.5, 0.6) is 0 Å². The van der Waals surface area contributed by atoms with Gasteiger partial charge in [-0.1, -0.05) is 18.2 Å². The highest BCUT2D eigenvalue weighted by molar-refractivity contribution is 5.94. The van der Waals surface area contributed by atoms with Crippen molar-refractivity contribution in [2.24, 2.45) is 0 Å². The van der Waals surface area contributed by atoms with Crippen LogP contribution < -0.4 is 5.56 Å². The normalized spacial score (nSPS) is 14.7. The molecule has 2 aromatic heterocycles.